The number of phenolic OH excluding ortho intramolecular Hbond substituents is 1. The quantitative estimate of drug-likeness (QED) is 0.685. The molecule has 22 heavy (non-hydrogen) atoms. The van der Waals surface area contributed by atoms with Gasteiger partial charge in [-0.05, 0) is 24.5 Å². The third kappa shape index (κ3) is 4.22. The molecule has 0 radical (unpaired) electrons. The Bertz CT molecular complexity index is 565. The van der Waals surface area contributed by atoms with E-state index >= 15 is 0 Å². The number of ether oxygens (including phenoxy) is 1. The Labute approximate surface area is 124 Å². The van der Waals surface area contributed by atoms with E-state index in [1.807, 2.05) is 0 Å². The molecule has 0 bridgehead atoms. The summed E-state index contributed by atoms with van der Waals surface area (Å²) in [5.74, 6) is -2.06. The predicted molar refractivity (Wildman–Crippen MR) is 70.3 cm³/mol. The zero-order chi connectivity index (χ0) is 16.3. The molecule has 0 aliphatic carbocycles. The van der Waals surface area contributed by atoms with Gasteiger partial charge in [0.05, 0.1) is 13.0 Å². The average Bonchev–Trinajstić information content (AvgIpc) is 2.40. The van der Waals surface area contributed by atoms with E-state index in [1.165, 1.54) is 18.2 Å². The molecule has 0 spiro atoms. The number of ketones is 1. The molecule has 0 amide bonds. The van der Waals surface area contributed by atoms with Crippen LogP contribution in [0.5, 0.6) is 5.75 Å². The Hall–Kier alpha value is -2.05. The van der Waals surface area contributed by atoms with Crippen LogP contribution in [0.25, 0.3) is 0 Å². The van der Waals surface area contributed by atoms with Crippen LogP contribution in [0, 0.1) is 5.92 Å². The maximum Gasteiger partial charge on any atom is 0.393 e. The largest absolute Gasteiger partial charge is 0.508 e. The van der Waals surface area contributed by atoms with Crippen molar-refractivity contribution < 1.29 is 32.6 Å². The maximum atomic E-state index is 12.4. The molecule has 1 atom stereocenters. The Morgan fingerprint density at radius 2 is 2.00 bits per heavy atom. The lowest BCUT2D eigenvalue weighted by Crippen LogP contribution is -2.33. The Kier molecular flexibility index (Phi) is 4.73. The molecule has 2 rings (SSSR count). The molecule has 1 saturated heterocycles. The summed E-state index contributed by atoms with van der Waals surface area (Å²) in [4.78, 5) is 23.1. The first-order valence-corrected chi connectivity index (χ1v) is 6.83. The number of Topliss-reactive ketones (excluding diaryl/α,β-unsaturated/α-hetero) is 1. The number of hydrogen-bond donors (Lipinski definition) is 1. The van der Waals surface area contributed by atoms with E-state index in [9.17, 15) is 27.9 Å². The van der Waals surface area contributed by atoms with E-state index in [0.29, 0.717) is 5.56 Å². The van der Waals surface area contributed by atoms with Crippen molar-refractivity contribution in [3.63, 3.8) is 0 Å². The van der Waals surface area contributed by atoms with Crippen molar-refractivity contribution in [1.82, 2.24) is 0 Å². The van der Waals surface area contributed by atoms with Gasteiger partial charge in [0, 0.05) is 12.0 Å². The van der Waals surface area contributed by atoms with Crippen LogP contribution < -0.4 is 0 Å². The van der Waals surface area contributed by atoms with Gasteiger partial charge in [-0.3, -0.25) is 9.59 Å². The van der Waals surface area contributed by atoms with E-state index in [0.717, 1.165) is 0 Å². The van der Waals surface area contributed by atoms with Crippen LogP contribution in [-0.2, 0) is 27.2 Å². The molecule has 1 N–H and O–H groups in total. The zero-order valence-electron chi connectivity index (χ0n) is 11.7. The van der Waals surface area contributed by atoms with Crippen molar-refractivity contribution in [3.05, 3.63) is 29.3 Å². The number of alkyl halides is 3. The number of aryl methyl sites for hydroxylation is 1. The molecule has 1 fully saturated rings. The number of halogens is 3. The summed E-state index contributed by atoms with van der Waals surface area (Å²) in [5.41, 5.74) is 0.311. The van der Waals surface area contributed by atoms with Crippen LogP contribution in [0.15, 0.2) is 18.2 Å². The van der Waals surface area contributed by atoms with Crippen LogP contribution in [0.2, 0.25) is 0 Å². The van der Waals surface area contributed by atoms with Gasteiger partial charge in [0.15, 0.2) is 5.78 Å². The monoisotopic (exact) mass is 316 g/mol. The summed E-state index contributed by atoms with van der Waals surface area (Å²) < 4.78 is 42.1. The fraction of sp³-hybridized carbons (Fsp3) is 0.467. The number of cyclic esters (lactones) is 1. The normalized spacial score (nSPS) is 19.1. The molecule has 1 aliphatic rings. The molecule has 1 aliphatic heterocycles. The number of rotatable bonds is 4. The topological polar surface area (TPSA) is 63.6 Å². The summed E-state index contributed by atoms with van der Waals surface area (Å²) in [7, 11) is 0. The Balaban J connectivity index is 2.05. The zero-order valence-corrected chi connectivity index (χ0v) is 11.7. The van der Waals surface area contributed by atoms with Crippen LogP contribution in [-0.4, -0.2) is 29.6 Å². The van der Waals surface area contributed by atoms with Gasteiger partial charge < -0.3 is 9.84 Å². The van der Waals surface area contributed by atoms with E-state index in [4.69, 9.17) is 4.74 Å². The Morgan fingerprint density at radius 1 is 1.27 bits per heavy atom. The summed E-state index contributed by atoms with van der Waals surface area (Å²) in [5, 5.41) is 9.47. The highest BCUT2D eigenvalue weighted by molar-refractivity contribution is 6.00. The standard InChI is InChI=1S/C15H15F3O4/c16-15(17,18)8-10-7-9(2-4-12(10)19)1-3-11-13(20)5-6-22-14(11)21/h2,4,7,11,19H,1,3,5-6,8H2. The minimum atomic E-state index is -4.42. The SMILES string of the molecule is O=C1CCOC(=O)C1CCc1ccc(O)c(CC(F)(F)F)c1. The molecule has 1 aromatic carbocycles. The number of carbonyl (C=O) groups is 2. The molecule has 7 heteroatoms. The second kappa shape index (κ2) is 6.37. The lowest BCUT2D eigenvalue weighted by molar-refractivity contribution is -0.158. The van der Waals surface area contributed by atoms with Crippen molar-refractivity contribution in [2.24, 2.45) is 5.92 Å². The van der Waals surface area contributed by atoms with Crippen molar-refractivity contribution in [2.75, 3.05) is 6.61 Å². The van der Waals surface area contributed by atoms with Gasteiger partial charge in [-0.1, -0.05) is 12.1 Å². The van der Waals surface area contributed by atoms with Gasteiger partial charge in [0.25, 0.3) is 0 Å². The number of esters is 1. The van der Waals surface area contributed by atoms with Crippen LogP contribution in [0.3, 0.4) is 0 Å². The van der Waals surface area contributed by atoms with Crippen LogP contribution in [0.4, 0.5) is 13.2 Å². The minimum absolute atomic E-state index is 0.0864. The highest BCUT2D eigenvalue weighted by Crippen LogP contribution is 2.28. The number of benzene rings is 1. The van der Waals surface area contributed by atoms with Crippen LogP contribution >= 0.6 is 0 Å². The molecule has 1 heterocycles. The third-order valence-corrected chi connectivity index (χ3v) is 3.52. The van der Waals surface area contributed by atoms with Gasteiger partial charge in [-0.15, -0.1) is 0 Å². The van der Waals surface area contributed by atoms with E-state index < -0.39 is 30.2 Å². The predicted octanol–water partition coefficient (Wildman–Crippen LogP) is 2.56. The number of carbonyl (C=O) groups excluding carboxylic acids is 2. The van der Waals surface area contributed by atoms with Crippen molar-refractivity contribution >= 4 is 11.8 Å². The summed E-state index contributed by atoms with van der Waals surface area (Å²) in [6.45, 7) is 0.0864. The molecular weight excluding hydrogens is 301 g/mol. The summed E-state index contributed by atoms with van der Waals surface area (Å²) in [6.07, 6.45) is -5.02. The van der Waals surface area contributed by atoms with Gasteiger partial charge >= 0.3 is 12.1 Å². The number of phenols is 1. The highest BCUT2D eigenvalue weighted by Gasteiger charge is 2.32. The Morgan fingerprint density at radius 3 is 2.64 bits per heavy atom. The van der Waals surface area contributed by atoms with E-state index in [-0.39, 0.29) is 37.2 Å². The van der Waals surface area contributed by atoms with Gasteiger partial charge in [-0.2, -0.15) is 13.2 Å². The molecule has 1 unspecified atom stereocenters. The molecular formula is C15H15F3O4. The third-order valence-electron chi connectivity index (χ3n) is 3.52. The second-order valence-corrected chi connectivity index (χ2v) is 5.23. The average molecular weight is 316 g/mol. The first kappa shape index (κ1) is 16.3. The smallest absolute Gasteiger partial charge is 0.393 e. The number of aromatic hydroxyl groups is 1. The minimum Gasteiger partial charge on any atom is -0.508 e. The molecule has 0 aromatic heterocycles. The first-order valence-electron chi connectivity index (χ1n) is 6.83. The van der Waals surface area contributed by atoms with Gasteiger partial charge in [0.2, 0.25) is 0 Å². The lowest BCUT2D eigenvalue weighted by Gasteiger charge is -2.19. The molecule has 4 nitrogen and oxygen atoms in total. The number of hydrogen-bond acceptors (Lipinski definition) is 4. The van der Waals surface area contributed by atoms with Crippen molar-refractivity contribution in [2.45, 2.75) is 31.9 Å². The fourth-order valence-corrected chi connectivity index (χ4v) is 2.40. The second-order valence-electron chi connectivity index (χ2n) is 5.23. The summed E-state index contributed by atoms with van der Waals surface area (Å²) in [6, 6.07) is 3.92. The van der Waals surface area contributed by atoms with Gasteiger partial charge in [0.1, 0.15) is 11.7 Å². The molecule has 1 aromatic rings. The molecule has 0 saturated carbocycles. The fourth-order valence-electron chi connectivity index (χ4n) is 2.40. The van der Waals surface area contributed by atoms with Crippen molar-refractivity contribution in [1.29, 1.82) is 0 Å². The van der Waals surface area contributed by atoms with E-state index in [2.05, 4.69) is 0 Å². The van der Waals surface area contributed by atoms with Crippen LogP contribution in [0.1, 0.15) is 24.0 Å². The van der Waals surface area contributed by atoms with Crippen molar-refractivity contribution in [3.8, 4) is 5.75 Å². The van der Waals surface area contributed by atoms with E-state index in [1.54, 1.807) is 0 Å². The lowest BCUT2D eigenvalue weighted by atomic mass is 9.92. The maximum absolute atomic E-state index is 12.4. The van der Waals surface area contributed by atoms with Gasteiger partial charge in [-0.25, -0.2) is 0 Å². The molecule has 120 valence electrons. The first-order chi connectivity index (χ1) is 10.3. The summed E-state index contributed by atoms with van der Waals surface area (Å²) >= 11 is 0. The highest BCUT2D eigenvalue weighted by atomic mass is 19.4.